The number of methoxy groups -OCH3 is 1. The lowest BCUT2D eigenvalue weighted by Gasteiger charge is -2.24. The fourth-order valence-corrected chi connectivity index (χ4v) is 2.01. The molecule has 3 nitrogen and oxygen atoms in total. The molecule has 0 saturated heterocycles. The molecule has 2 aromatic rings. The van der Waals surface area contributed by atoms with E-state index in [9.17, 15) is 13.6 Å². The molecule has 116 valence electrons. The second kappa shape index (κ2) is 6.13. The van der Waals surface area contributed by atoms with Gasteiger partial charge in [0.2, 0.25) is 5.91 Å². The average molecular weight is 305 g/mol. The molecule has 2 aromatic carbocycles. The number of anilines is 1. The summed E-state index contributed by atoms with van der Waals surface area (Å²) in [5.74, 6) is -1.04. The Morgan fingerprint density at radius 1 is 1.09 bits per heavy atom. The van der Waals surface area contributed by atoms with Crippen molar-refractivity contribution in [2.24, 2.45) is 0 Å². The van der Waals surface area contributed by atoms with Gasteiger partial charge in [0.15, 0.2) is 0 Å². The summed E-state index contributed by atoms with van der Waals surface area (Å²) >= 11 is 0. The molecule has 0 aliphatic heterocycles. The fourth-order valence-electron chi connectivity index (χ4n) is 2.01. The van der Waals surface area contributed by atoms with Crippen LogP contribution in [0.15, 0.2) is 42.5 Å². The van der Waals surface area contributed by atoms with Crippen molar-refractivity contribution in [3.8, 4) is 5.75 Å². The van der Waals surface area contributed by atoms with E-state index in [4.69, 9.17) is 4.74 Å². The molecule has 0 aliphatic rings. The highest BCUT2D eigenvalue weighted by Gasteiger charge is 2.30. The number of carbonyl (C=O) groups is 1. The quantitative estimate of drug-likeness (QED) is 0.930. The maximum Gasteiger partial charge on any atom is 0.234 e. The number of hydrogen-bond acceptors (Lipinski definition) is 2. The number of ether oxygens (including phenoxy) is 1. The van der Waals surface area contributed by atoms with Gasteiger partial charge in [-0.3, -0.25) is 4.79 Å². The minimum absolute atomic E-state index is 0.174. The summed E-state index contributed by atoms with van der Waals surface area (Å²) in [5.41, 5.74) is -0.348. The molecule has 0 atom stereocenters. The Balaban J connectivity index is 2.24. The Morgan fingerprint density at radius 3 is 2.32 bits per heavy atom. The molecule has 1 amide bonds. The van der Waals surface area contributed by atoms with Crippen molar-refractivity contribution >= 4 is 11.6 Å². The SMILES string of the molecule is COc1ccc(C(C)(C)C(=O)Nc2cc(F)ccc2F)cc1. The lowest BCUT2D eigenvalue weighted by Crippen LogP contribution is -2.35. The maximum absolute atomic E-state index is 13.6. The molecule has 0 radical (unpaired) electrons. The van der Waals surface area contributed by atoms with Gasteiger partial charge in [-0.1, -0.05) is 12.1 Å². The normalized spacial score (nSPS) is 11.1. The van der Waals surface area contributed by atoms with Crippen molar-refractivity contribution in [3.63, 3.8) is 0 Å². The first-order chi connectivity index (χ1) is 10.3. The molecule has 1 N–H and O–H groups in total. The predicted molar refractivity (Wildman–Crippen MR) is 81.0 cm³/mol. The summed E-state index contributed by atoms with van der Waals surface area (Å²) in [5, 5.41) is 2.43. The van der Waals surface area contributed by atoms with Crippen LogP contribution in [0, 0.1) is 11.6 Å². The van der Waals surface area contributed by atoms with Gasteiger partial charge in [0.25, 0.3) is 0 Å². The molecule has 0 bridgehead atoms. The highest BCUT2D eigenvalue weighted by Crippen LogP contribution is 2.27. The highest BCUT2D eigenvalue weighted by molar-refractivity contribution is 5.98. The van der Waals surface area contributed by atoms with E-state index >= 15 is 0 Å². The number of carbonyl (C=O) groups excluding carboxylic acids is 1. The lowest BCUT2D eigenvalue weighted by molar-refractivity contribution is -0.120. The van der Waals surface area contributed by atoms with E-state index in [2.05, 4.69) is 5.32 Å². The molecule has 0 aromatic heterocycles. The van der Waals surface area contributed by atoms with Crippen LogP contribution in [0.3, 0.4) is 0 Å². The Kier molecular flexibility index (Phi) is 4.45. The molecule has 2 rings (SSSR count). The van der Waals surface area contributed by atoms with E-state index in [-0.39, 0.29) is 5.69 Å². The largest absolute Gasteiger partial charge is 0.497 e. The predicted octanol–water partition coefficient (Wildman–Crippen LogP) is 3.89. The van der Waals surface area contributed by atoms with Crippen LogP contribution >= 0.6 is 0 Å². The van der Waals surface area contributed by atoms with Gasteiger partial charge in [0.05, 0.1) is 18.2 Å². The lowest BCUT2D eigenvalue weighted by atomic mass is 9.83. The van der Waals surface area contributed by atoms with Crippen LogP contribution < -0.4 is 10.1 Å². The van der Waals surface area contributed by atoms with Crippen LogP contribution in [-0.4, -0.2) is 13.0 Å². The van der Waals surface area contributed by atoms with E-state index in [0.717, 1.165) is 23.8 Å². The molecular weight excluding hydrogens is 288 g/mol. The molecule has 0 spiro atoms. The van der Waals surface area contributed by atoms with Crippen molar-refractivity contribution in [1.82, 2.24) is 0 Å². The minimum Gasteiger partial charge on any atom is -0.497 e. The maximum atomic E-state index is 13.6. The van der Waals surface area contributed by atoms with Crippen LogP contribution in [0.5, 0.6) is 5.75 Å². The molecular formula is C17H17F2NO2. The summed E-state index contributed by atoms with van der Waals surface area (Å²) in [7, 11) is 1.56. The third-order valence-electron chi connectivity index (χ3n) is 3.56. The van der Waals surface area contributed by atoms with Crippen LogP contribution in [0.1, 0.15) is 19.4 Å². The second-order valence-electron chi connectivity index (χ2n) is 5.43. The third-order valence-corrected chi connectivity index (χ3v) is 3.56. The summed E-state index contributed by atoms with van der Waals surface area (Å²) < 4.78 is 31.9. The standard InChI is InChI=1S/C17H17F2NO2/c1-17(2,11-4-7-13(22-3)8-5-11)16(21)20-15-10-12(18)6-9-14(15)19/h4-10H,1-3H3,(H,20,21). The van der Waals surface area contributed by atoms with E-state index in [0.29, 0.717) is 5.75 Å². The summed E-state index contributed by atoms with van der Waals surface area (Å²) in [6, 6.07) is 9.95. The number of hydrogen-bond donors (Lipinski definition) is 1. The van der Waals surface area contributed by atoms with Gasteiger partial charge < -0.3 is 10.1 Å². The topological polar surface area (TPSA) is 38.3 Å². The van der Waals surface area contributed by atoms with Gasteiger partial charge in [-0.2, -0.15) is 0 Å². The average Bonchev–Trinajstić information content (AvgIpc) is 2.51. The van der Waals surface area contributed by atoms with Crippen molar-refractivity contribution in [2.75, 3.05) is 12.4 Å². The minimum atomic E-state index is -0.912. The van der Waals surface area contributed by atoms with Gasteiger partial charge in [-0.05, 0) is 43.7 Å². The molecule has 5 heteroatoms. The number of rotatable bonds is 4. The fraction of sp³-hybridized carbons (Fsp3) is 0.235. The molecule has 0 heterocycles. The van der Waals surface area contributed by atoms with E-state index < -0.39 is 23.0 Å². The zero-order chi connectivity index (χ0) is 16.3. The molecule has 0 unspecified atom stereocenters. The third kappa shape index (κ3) is 3.24. The molecule has 22 heavy (non-hydrogen) atoms. The first-order valence-corrected chi connectivity index (χ1v) is 6.75. The van der Waals surface area contributed by atoms with Gasteiger partial charge in [0, 0.05) is 6.07 Å². The van der Waals surface area contributed by atoms with Crippen molar-refractivity contribution in [1.29, 1.82) is 0 Å². The Morgan fingerprint density at radius 2 is 1.73 bits per heavy atom. The summed E-state index contributed by atoms with van der Waals surface area (Å²) in [4.78, 5) is 12.4. The summed E-state index contributed by atoms with van der Waals surface area (Å²) in [6.45, 7) is 3.42. The molecule has 0 aliphatic carbocycles. The van der Waals surface area contributed by atoms with Crippen LogP contribution in [0.4, 0.5) is 14.5 Å². The number of nitrogens with one attached hydrogen (secondary N) is 1. The Hall–Kier alpha value is -2.43. The second-order valence-corrected chi connectivity index (χ2v) is 5.43. The zero-order valence-corrected chi connectivity index (χ0v) is 12.6. The molecule has 0 saturated carbocycles. The van der Waals surface area contributed by atoms with Crippen molar-refractivity contribution in [3.05, 3.63) is 59.7 Å². The van der Waals surface area contributed by atoms with Crippen molar-refractivity contribution in [2.45, 2.75) is 19.3 Å². The van der Waals surface area contributed by atoms with Crippen molar-refractivity contribution < 1.29 is 18.3 Å². The molecule has 0 fully saturated rings. The van der Waals surface area contributed by atoms with E-state index in [1.54, 1.807) is 45.2 Å². The first-order valence-electron chi connectivity index (χ1n) is 6.75. The number of benzene rings is 2. The van der Waals surface area contributed by atoms with Gasteiger partial charge in [-0.15, -0.1) is 0 Å². The van der Waals surface area contributed by atoms with Gasteiger partial charge >= 0.3 is 0 Å². The zero-order valence-electron chi connectivity index (χ0n) is 12.6. The van der Waals surface area contributed by atoms with Crippen LogP contribution in [0.2, 0.25) is 0 Å². The van der Waals surface area contributed by atoms with Crippen LogP contribution in [-0.2, 0) is 10.2 Å². The Bertz CT molecular complexity index is 682. The highest BCUT2D eigenvalue weighted by atomic mass is 19.1. The van der Waals surface area contributed by atoms with Gasteiger partial charge in [0.1, 0.15) is 17.4 Å². The first kappa shape index (κ1) is 15.9. The van der Waals surface area contributed by atoms with Gasteiger partial charge in [-0.25, -0.2) is 8.78 Å². The van der Waals surface area contributed by atoms with E-state index in [1.165, 1.54) is 0 Å². The number of amides is 1. The Labute approximate surface area is 127 Å². The smallest absolute Gasteiger partial charge is 0.234 e. The summed E-state index contributed by atoms with van der Waals surface area (Å²) in [6.07, 6.45) is 0. The van der Waals surface area contributed by atoms with Crippen LogP contribution in [0.25, 0.3) is 0 Å². The number of halogens is 2. The monoisotopic (exact) mass is 305 g/mol. The van der Waals surface area contributed by atoms with E-state index in [1.807, 2.05) is 0 Å².